The molecule has 0 aliphatic carbocycles. The number of halogens is 4. The second kappa shape index (κ2) is 6.77. The average molecular weight is 450 g/mol. The molecule has 5 rings (SSSR count). The van der Waals surface area contributed by atoms with Gasteiger partial charge >= 0.3 is 0 Å². The molecule has 0 spiro atoms. The fraction of sp³-hybridized carbons (Fsp3) is 0.238. The lowest BCUT2D eigenvalue weighted by Gasteiger charge is -2.41. The highest BCUT2D eigenvalue weighted by molar-refractivity contribution is 6.44. The maximum Gasteiger partial charge on any atom is 0.248 e. The van der Waals surface area contributed by atoms with Crippen molar-refractivity contribution in [1.29, 1.82) is 0 Å². The quantitative estimate of drug-likeness (QED) is 0.610. The molecule has 1 atom stereocenters. The van der Waals surface area contributed by atoms with Crippen LogP contribution in [0.4, 0.5) is 14.5 Å². The monoisotopic (exact) mass is 449 g/mol. The van der Waals surface area contributed by atoms with Crippen molar-refractivity contribution in [2.45, 2.75) is 11.8 Å². The minimum absolute atomic E-state index is 0.139. The number of likely N-dealkylation sites (tertiary alicyclic amines) is 1. The van der Waals surface area contributed by atoms with Gasteiger partial charge < -0.3 is 15.0 Å². The molecule has 0 radical (unpaired) electrons. The lowest BCUT2D eigenvalue weighted by Crippen LogP contribution is -2.54. The van der Waals surface area contributed by atoms with E-state index in [9.17, 15) is 18.7 Å². The molecule has 3 aromatic rings. The predicted molar refractivity (Wildman–Crippen MR) is 111 cm³/mol. The molecule has 1 aromatic heterocycles. The van der Waals surface area contributed by atoms with E-state index in [2.05, 4.69) is 4.98 Å². The van der Waals surface area contributed by atoms with Crippen LogP contribution in [0.5, 0.6) is 0 Å². The Morgan fingerprint density at radius 1 is 1.27 bits per heavy atom. The first kappa shape index (κ1) is 19.5. The SMILES string of the molecule is O=C(CO)N1CCC2=Nc3c(ccc(Cl)c3Cl)C2(c2c[nH]c3cc(F)cc(F)c23)C1. The molecule has 1 saturated heterocycles. The average Bonchev–Trinajstić information content (AvgIpc) is 3.29. The molecule has 0 bridgehead atoms. The third-order valence-corrected chi connectivity index (χ3v) is 6.75. The Morgan fingerprint density at radius 3 is 2.83 bits per heavy atom. The number of aliphatic hydroxyl groups is 1. The van der Waals surface area contributed by atoms with Crippen molar-refractivity contribution in [3.05, 3.63) is 63.3 Å². The zero-order valence-corrected chi connectivity index (χ0v) is 17.0. The highest BCUT2D eigenvalue weighted by Gasteiger charge is 2.51. The van der Waals surface area contributed by atoms with Crippen LogP contribution >= 0.6 is 23.2 Å². The highest BCUT2D eigenvalue weighted by atomic mass is 35.5. The van der Waals surface area contributed by atoms with Gasteiger partial charge in [0, 0.05) is 42.9 Å². The number of carbonyl (C=O) groups is 1. The van der Waals surface area contributed by atoms with E-state index in [4.69, 9.17) is 28.2 Å². The number of aliphatic imine (C=N–C) groups is 1. The lowest BCUT2D eigenvalue weighted by atomic mass is 9.69. The van der Waals surface area contributed by atoms with Crippen molar-refractivity contribution in [3.8, 4) is 0 Å². The number of H-pyrrole nitrogens is 1. The minimum Gasteiger partial charge on any atom is -0.387 e. The Bertz CT molecular complexity index is 1260. The first-order valence-corrected chi connectivity index (χ1v) is 10.0. The molecular weight excluding hydrogens is 435 g/mol. The molecule has 2 aliphatic rings. The van der Waals surface area contributed by atoms with Gasteiger partial charge in [0.05, 0.1) is 26.7 Å². The third kappa shape index (κ3) is 2.55. The minimum atomic E-state index is -0.996. The maximum atomic E-state index is 14.9. The zero-order chi connectivity index (χ0) is 21.2. The van der Waals surface area contributed by atoms with Crippen molar-refractivity contribution >= 4 is 51.4 Å². The van der Waals surface area contributed by atoms with Crippen LogP contribution in [0.2, 0.25) is 10.0 Å². The van der Waals surface area contributed by atoms with Crippen LogP contribution in [0.25, 0.3) is 10.9 Å². The van der Waals surface area contributed by atoms with E-state index in [0.717, 1.165) is 6.07 Å². The molecular formula is C21H15Cl2F2N3O2. The third-order valence-electron chi connectivity index (χ3n) is 5.96. The lowest BCUT2D eigenvalue weighted by molar-refractivity contribution is -0.134. The molecule has 1 amide bonds. The summed E-state index contributed by atoms with van der Waals surface area (Å²) in [4.78, 5) is 21.5. The fourth-order valence-electron chi connectivity index (χ4n) is 4.65. The van der Waals surface area contributed by atoms with Gasteiger partial charge in [-0.05, 0) is 23.3 Å². The fourth-order valence-corrected chi connectivity index (χ4v) is 5.01. The number of aromatic nitrogens is 1. The summed E-state index contributed by atoms with van der Waals surface area (Å²) in [5, 5.41) is 10.2. The number of carbonyl (C=O) groups excluding carboxylic acids is 1. The Hall–Kier alpha value is -2.48. The van der Waals surface area contributed by atoms with Gasteiger partial charge in [-0.3, -0.25) is 9.79 Å². The molecule has 0 saturated carbocycles. The van der Waals surface area contributed by atoms with Crippen LogP contribution in [0.1, 0.15) is 17.5 Å². The van der Waals surface area contributed by atoms with Crippen LogP contribution in [0.15, 0.2) is 35.5 Å². The van der Waals surface area contributed by atoms with E-state index in [0.29, 0.717) is 46.0 Å². The van der Waals surface area contributed by atoms with E-state index in [-0.39, 0.29) is 17.0 Å². The summed E-state index contributed by atoms with van der Waals surface area (Å²) in [7, 11) is 0. The van der Waals surface area contributed by atoms with Crippen LogP contribution in [0.3, 0.4) is 0 Å². The van der Waals surface area contributed by atoms with Crippen LogP contribution in [-0.4, -0.2) is 46.3 Å². The number of hydrogen-bond acceptors (Lipinski definition) is 3. The van der Waals surface area contributed by atoms with Crippen molar-refractivity contribution < 1.29 is 18.7 Å². The molecule has 2 aromatic carbocycles. The molecule has 30 heavy (non-hydrogen) atoms. The molecule has 1 unspecified atom stereocenters. The molecule has 9 heteroatoms. The van der Waals surface area contributed by atoms with Gasteiger partial charge in [-0.2, -0.15) is 0 Å². The second-order valence-corrected chi connectivity index (χ2v) is 8.24. The predicted octanol–water partition coefficient (Wildman–Crippen LogP) is 4.35. The Labute approximate surface area is 179 Å². The number of rotatable bonds is 2. The smallest absolute Gasteiger partial charge is 0.248 e. The van der Waals surface area contributed by atoms with Crippen molar-refractivity contribution in [3.63, 3.8) is 0 Å². The van der Waals surface area contributed by atoms with Crippen LogP contribution in [-0.2, 0) is 10.2 Å². The number of fused-ring (bicyclic) bond motifs is 4. The van der Waals surface area contributed by atoms with Gasteiger partial charge in [0.2, 0.25) is 5.91 Å². The van der Waals surface area contributed by atoms with Gasteiger partial charge in [0.25, 0.3) is 0 Å². The Kier molecular flexibility index (Phi) is 4.39. The standard InChI is InChI=1S/C21H15Cl2F2N3O2/c22-13-2-1-11-20(19(13)23)27-16-3-4-28(17(30)8-29)9-21(11,16)12-7-26-15-6-10(24)5-14(25)18(12)15/h1-2,5-7,26,29H,3-4,8-9H2. The number of hydrogen-bond donors (Lipinski definition) is 2. The first-order valence-electron chi connectivity index (χ1n) is 9.28. The number of nitrogens with one attached hydrogen (secondary N) is 1. The summed E-state index contributed by atoms with van der Waals surface area (Å²) >= 11 is 12.6. The van der Waals surface area contributed by atoms with E-state index < -0.39 is 29.6 Å². The van der Waals surface area contributed by atoms with Gasteiger partial charge in [-0.25, -0.2) is 8.78 Å². The normalized spacial score (nSPS) is 20.3. The summed E-state index contributed by atoms with van der Waals surface area (Å²) in [6.45, 7) is -0.136. The summed E-state index contributed by atoms with van der Waals surface area (Å²) in [5.41, 5.74) is 1.72. The number of nitrogens with zero attached hydrogens (tertiary/aromatic N) is 2. The second-order valence-electron chi connectivity index (χ2n) is 7.46. The van der Waals surface area contributed by atoms with E-state index in [1.54, 1.807) is 18.3 Å². The topological polar surface area (TPSA) is 68.7 Å². The summed E-state index contributed by atoms with van der Waals surface area (Å²) in [6, 6.07) is 5.46. The molecule has 2 N–H and O–H groups in total. The number of aromatic amines is 1. The maximum absolute atomic E-state index is 14.9. The van der Waals surface area contributed by atoms with Gasteiger partial charge in [-0.1, -0.05) is 29.3 Å². The number of amides is 1. The van der Waals surface area contributed by atoms with Crippen molar-refractivity contribution in [2.24, 2.45) is 4.99 Å². The Balaban J connectivity index is 1.83. The largest absolute Gasteiger partial charge is 0.387 e. The van der Waals surface area contributed by atoms with Crippen molar-refractivity contribution in [2.75, 3.05) is 19.7 Å². The number of piperidine rings is 1. The molecule has 154 valence electrons. The summed E-state index contributed by atoms with van der Waals surface area (Å²) < 4.78 is 28.7. The van der Waals surface area contributed by atoms with Gasteiger partial charge in [0.1, 0.15) is 18.2 Å². The van der Waals surface area contributed by atoms with Crippen molar-refractivity contribution in [1.82, 2.24) is 9.88 Å². The molecule has 5 nitrogen and oxygen atoms in total. The van der Waals surface area contributed by atoms with Crippen LogP contribution in [0, 0.1) is 11.6 Å². The highest BCUT2D eigenvalue weighted by Crippen LogP contribution is 2.53. The van der Waals surface area contributed by atoms with Gasteiger partial charge in [0.15, 0.2) is 0 Å². The number of benzene rings is 2. The van der Waals surface area contributed by atoms with E-state index >= 15 is 0 Å². The zero-order valence-electron chi connectivity index (χ0n) is 15.5. The molecule has 1 fully saturated rings. The van der Waals surface area contributed by atoms with Crippen LogP contribution < -0.4 is 0 Å². The van der Waals surface area contributed by atoms with E-state index in [1.807, 2.05) is 0 Å². The summed E-state index contributed by atoms with van der Waals surface area (Å²) in [6.07, 6.45) is 2.02. The van der Waals surface area contributed by atoms with Gasteiger partial charge in [-0.15, -0.1) is 0 Å². The number of aliphatic hydroxyl groups excluding tert-OH is 1. The molecule has 3 heterocycles. The Morgan fingerprint density at radius 2 is 2.07 bits per heavy atom. The van der Waals surface area contributed by atoms with E-state index in [1.165, 1.54) is 11.0 Å². The summed E-state index contributed by atoms with van der Waals surface area (Å²) in [5.74, 6) is -1.84. The first-order chi connectivity index (χ1) is 14.4. The molecule has 2 aliphatic heterocycles.